The van der Waals surface area contributed by atoms with E-state index in [0.717, 1.165) is 10.0 Å². The van der Waals surface area contributed by atoms with Crippen molar-refractivity contribution in [1.29, 1.82) is 0 Å². The van der Waals surface area contributed by atoms with Gasteiger partial charge in [-0.25, -0.2) is 8.42 Å². The van der Waals surface area contributed by atoms with Gasteiger partial charge in [0.25, 0.3) is 0 Å². The van der Waals surface area contributed by atoms with E-state index in [-0.39, 0.29) is 17.3 Å². The summed E-state index contributed by atoms with van der Waals surface area (Å²) in [6, 6.07) is 11.9. The highest BCUT2D eigenvalue weighted by Gasteiger charge is 2.33. The van der Waals surface area contributed by atoms with Crippen LogP contribution in [0.3, 0.4) is 0 Å². The second-order valence-corrected chi connectivity index (χ2v) is 9.87. The lowest BCUT2D eigenvalue weighted by Gasteiger charge is -2.31. The molecule has 1 saturated heterocycles. The number of rotatable bonds is 4. The summed E-state index contributed by atoms with van der Waals surface area (Å²) in [5.74, 6) is -0.588. The Morgan fingerprint density at radius 3 is 2.59 bits per heavy atom. The first kappa shape index (κ1) is 20.3. The van der Waals surface area contributed by atoms with Crippen LogP contribution in [-0.4, -0.2) is 31.7 Å². The van der Waals surface area contributed by atoms with E-state index < -0.39 is 15.9 Å². The molecule has 0 radical (unpaired) electrons. The van der Waals surface area contributed by atoms with E-state index in [1.807, 2.05) is 13.0 Å². The number of hydrogen-bond acceptors (Lipinski definition) is 3. The topological polar surface area (TPSA) is 66.5 Å². The number of sulfonamides is 1. The number of halogens is 2. The number of benzene rings is 2. The summed E-state index contributed by atoms with van der Waals surface area (Å²) < 4.78 is 27.9. The van der Waals surface area contributed by atoms with Crippen LogP contribution < -0.4 is 5.32 Å². The Hall–Kier alpha value is -1.41. The zero-order valence-corrected chi connectivity index (χ0v) is 17.9. The quantitative estimate of drug-likeness (QED) is 0.716. The van der Waals surface area contributed by atoms with Crippen molar-refractivity contribution in [1.82, 2.24) is 4.31 Å². The van der Waals surface area contributed by atoms with Crippen LogP contribution in [-0.2, 0) is 14.8 Å². The minimum Gasteiger partial charge on any atom is -0.326 e. The molecule has 1 fully saturated rings. The zero-order valence-electron chi connectivity index (χ0n) is 14.8. The van der Waals surface area contributed by atoms with E-state index in [2.05, 4.69) is 21.2 Å². The summed E-state index contributed by atoms with van der Waals surface area (Å²) in [4.78, 5) is 12.9. The minimum atomic E-state index is -3.62. The molecule has 2 aromatic rings. The molecule has 144 valence electrons. The summed E-state index contributed by atoms with van der Waals surface area (Å²) in [5.41, 5.74) is 1.54. The van der Waals surface area contributed by atoms with Gasteiger partial charge in [-0.3, -0.25) is 4.79 Å². The number of hydrogen-bond donors (Lipinski definition) is 1. The molecular weight excluding hydrogens is 452 g/mol. The molecule has 3 rings (SSSR count). The van der Waals surface area contributed by atoms with Gasteiger partial charge in [0, 0.05) is 28.3 Å². The maximum atomic E-state index is 12.9. The van der Waals surface area contributed by atoms with Crippen molar-refractivity contribution in [2.45, 2.75) is 24.7 Å². The second kappa shape index (κ2) is 8.31. The van der Waals surface area contributed by atoms with Crippen molar-refractivity contribution in [3.63, 3.8) is 0 Å². The number of nitrogens with zero attached hydrogens (tertiary/aromatic N) is 1. The van der Waals surface area contributed by atoms with Crippen LogP contribution in [0.5, 0.6) is 0 Å². The number of anilines is 1. The van der Waals surface area contributed by atoms with E-state index in [0.29, 0.717) is 30.1 Å². The van der Waals surface area contributed by atoms with E-state index in [1.54, 1.807) is 36.4 Å². The molecule has 1 amide bonds. The zero-order chi connectivity index (χ0) is 19.6. The predicted octanol–water partition coefficient (Wildman–Crippen LogP) is 4.45. The fourth-order valence-corrected chi connectivity index (χ4v) is 5.01. The smallest absolute Gasteiger partial charge is 0.243 e. The molecule has 5 nitrogen and oxygen atoms in total. The van der Waals surface area contributed by atoms with Gasteiger partial charge in [-0.1, -0.05) is 33.6 Å². The Labute approximate surface area is 172 Å². The Bertz CT molecular complexity index is 948. The van der Waals surface area contributed by atoms with Crippen molar-refractivity contribution in [2.75, 3.05) is 18.4 Å². The normalized spacial score (nSPS) is 18.3. The molecule has 1 N–H and O–H groups in total. The van der Waals surface area contributed by atoms with Crippen molar-refractivity contribution in [2.24, 2.45) is 5.92 Å². The molecule has 0 unspecified atom stereocenters. The molecule has 27 heavy (non-hydrogen) atoms. The lowest BCUT2D eigenvalue weighted by molar-refractivity contribution is -0.120. The van der Waals surface area contributed by atoms with Crippen molar-refractivity contribution in [3.05, 3.63) is 57.5 Å². The van der Waals surface area contributed by atoms with E-state index >= 15 is 0 Å². The van der Waals surface area contributed by atoms with Crippen LogP contribution >= 0.6 is 27.5 Å². The molecule has 0 spiro atoms. The molecule has 0 saturated carbocycles. The Kier molecular flexibility index (Phi) is 6.25. The van der Waals surface area contributed by atoms with E-state index in [1.165, 1.54) is 4.31 Å². The molecule has 0 aliphatic carbocycles. The highest BCUT2D eigenvalue weighted by atomic mass is 79.9. The third-order valence-electron chi connectivity index (χ3n) is 4.65. The number of nitrogens with one attached hydrogen (secondary N) is 1. The van der Waals surface area contributed by atoms with Crippen molar-refractivity contribution >= 4 is 49.1 Å². The first-order chi connectivity index (χ1) is 12.8. The highest BCUT2D eigenvalue weighted by molar-refractivity contribution is 9.10. The Morgan fingerprint density at radius 1 is 1.22 bits per heavy atom. The average Bonchev–Trinajstić information content (AvgIpc) is 2.65. The van der Waals surface area contributed by atoms with Gasteiger partial charge in [-0.2, -0.15) is 4.31 Å². The molecular formula is C19H20BrClN2O3S. The van der Waals surface area contributed by atoms with Crippen molar-refractivity contribution < 1.29 is 13.2 Å². The Balaban J connectivity index is 1.72. The first-order valence-electron chi connectivity index (χ1n) is 8.60. The average molecular weight is 472 g/mol. The van der Waals surface area contributed by atoms with Crippen LogP contribution in [0.1, 0.15) is 18.4 Å². The predicted molar refractivity (Wildman–Crippen MR) is 110 cm³/mol. The molecule has 0 bridgehead atoms. The third-order valence-corrected chi connectivity index (χ3v) is 7.46. The van der Waals surface area contributed by atoms with Crippen LogP contribution in [0.15, 0.2) is 51.8 Å². The molecule has 1 aliphatic heterocycles. The van der Waals surface area contributed by atoms with Crippen molar-refractivity contribution in [3.8, 4) is 0 Å². The van der Waals surface area contributed by atoms with E-state index in [9.17, 15) is 13.2 Å². The summed E-state index contributed by atoms with van der Waals surface area (Å²) in [6.07, 6.45) is 1.29. The third kappa shape index (κ3) is 4.71. The number of amides is 1. The highest BCUT2D eigenvalue weighted by Crippen LogP contribution is 2.26. The second-order valence-electron chi connectivity index (χ2n) is 6.61. The van der Waals surface area contributed by atoms with Crippen LogP contribution in [0.25, 0.3) is 0 Å². The fourth-order valence-electron chi connectivity index (χ4n) is 3.05. The summed E-state index contributed by atoms with van der Waals surface area (Å²) in [7, 11) is -3.62. The van der Waals surface area contributed by atoms with Gasteiger partial charge < -0.3 is 5.32 Å². The van der Waals surface area contributed by atoms with Gasteiger partial charge in [0.1, 0.15) is 0 Å². The van der Waals surface area contributed by atoms with Crippen LogP contribution in [0.4, 0.5) is 5.69 Å². The standard InChI is InChI=1S/C19H20BrClN2O3S/c1-13-4-7-16(11-18(13)21)22-19(24)14-3-2-10-23(12-14)27(25,26)17-8-5-15(20)6-9-17/h4-9,11,14H,2-3,10,12H2,1H3,(H,22,24)/t14-/m0/s1. The lowest BCUT2D eigenvalue weighted by Crippen LogP contribution is -2.43. The molecule has 2 aromatic carbocycles. The lowest BCUT2D eigenvalue weighted by atomic mass is 9.98. The van der Waals surface area contributed by atoms with Gasteiger partial charge in [-0.05, 0) is 61.7 Å². The molecule has 1 atom stereocenters. The maximum Gasteiger partial charge on any atom is 0.243 e. The molecule has 1 heterocycles. The molecule has 0 aromatic heterocycles. The molecule has 1 aliphatic rings. The van der Waals surface area contributed by atoms with Gasteiger partial charge in [0.05, 0.1) is 10.8 Å². The number of carbonyl (C=O) groups excluding carboxylic acids is 1. The summed E-state index contributed by atoms with van der Waals surface area (Å²) >= 11 is 9.41. The fraction of sp³-hybridized carbons (Fsp3) is 0.316. The van der Waals surface area contributed by atoms with Crippen LogP contribution in [0.2, 0.25) is 5.02 Å². The minimum absolute atomic E-state index is 0.170. The number of carbonyl (C=O) groups is 1. The number of piperidine rings is 1. The van der Waals surface area contributed by atoms with Gasteiger partial charge in [-0.15, -0.1) is 0 Å². The molecule has 8 heteroatoms. The van der Waals surface area contributed by atoms with Gasteiger partial charge >= 0.3 is 0 Å². The number of aryl methyl sites for hydroxylation is 1. The largest absolute Gasteiger partial charge is 0.326 e. The maximum absolute atomic E-state index is 12.9. The van der Waals surface area contributed by atoms with Gasteiger partial charge in [0.15, 0.2) is 0 Å². The Morgan fingerprint density at radius 2 is 1.93 bits per heavy atom. The summed E-state index contributed by atoms with van der Waals surface area (Å²) in [6.45, 7) is 2.47. The summed E-state index contributed by atoms with van der Waals surface area (Å²) in [5, 5.41) is 3.43. The SMILES string of the molecule is Cc1ccc(NC(=O)[C@H]2CCCN(S(=O)(=O)c3ccc(Br)cc3)C2)cc1Cl. The van der Waals surface area contributed by atoms with Gasteiger partial charge in [0.2, 0.25) is 15.9 Å². The monoisotopic (exact) mass is 470 g/mol. The first-order valence-corrected chi connectivity index (χ1v) is 11.2. The van der Waals surface area contributed by atoms with E-state index in [4.69, 9.17) is 11.6 Å². The van der Waals surface area contributed by atoms with Crippen LogP contribution in [0, 0.1) is 12.8 Å².